The third-order valence-electron chi connectivity index (χ3n) is 3.00. The molecule has 0 aliphatic rings. The lowest BCUT2D eigenvalue weighted by atomic mass is 9.89. The van der Waals surface area contributed by atoms with Crippen molar-refractivity contribution in [3.8, 4) is 0 Å². The van der Waals surface area contributed by atoms with Gasteiger partial charge in [0.25, 0.3) is 0 Å². The molecule has 0 bridgehead atoms. The predicted octanol–water partition coefficient (Wildman–Crippen LogP) is 1.96. The normalized spacial score (nSPS) is 12.2. The first-order valence-electron chi connectivity index (χ1n) is 5.97. The second kappa shape index (κ2) is 6.19. The van der Waals surface area contributed by atoms with Crippen LogP contribution in [0.25, 0.3) is 0 Å². The van der Waals surface area contributed by atoms with Crippen molar-refractivity contribution in [2.45, 2.75) is 20.3 Å². The van der Waals surface area contributed by atoms with E-state index in [9.17, 15) is 4.79 Å². The van der Waals surface area contributed by atoms with Gasteiger partial charge in [-0.1, -0.05) is 32.0 Å². The van der Waals surface area contributed by atoms with Crippen molar-refractivity contribution in [1.82, 2.24) is 0 Å². The lowest BCUT2D eigenvalue weighted by Crippen LogP contribution is -2.24. The average molecular weight is 248 g/mol. The summed E-state index contributed by atoms with van der Waals surface area (Å²) in [4.78, 5) is 11.7. The summed E-state index contributed by atoms with van der Waals surface area (Å²) in [5.41, 5.74) is 7.12. The first kappa shape index (κ1) is 14.2. The summed E-state index contributed by atoms with van der Waals surface area (Å²) in [5.74, 6) is -0.120. The number of nitrogens with two attached hydrogens (primary N) is 1. The topological polar surface area (TPSA) is 76.2 Å². The van der Waals surface area contributed by atoms with Gasteiger partial charge in [0.15, 0.2) is 0 Å². The van der Waals surface area contributed by atoms with E-state index in [-0.39, 0.29) is 23.6 Å². The fraction of sp³-hybridized carbons (Fsp3) is 0.429. The van der Waals surface area contributed by atoms with Crippen LogP contribution in [0.2, 0.25) is 0 Å². The molecule has 1 unspecified atom stereocenters. The van der Waals surface area contributed by atoms with E-state index in [4.69, 9.17) is 15.9 Å². The van der Waals surface area contributed by atoms with Gasteiger partial charge in [0, 0.05) is 5.56 Å². The van der Waals surface area contributed by atoms with Gasteiger partial charge < -0.3 is 10.5 Å². The van der Waals surface area contributed by atoms with E-state index in [1.807, 2.05) is 32.0 Å². The molecule has 0 heterocycles. The van der Waals surface area contributed by atoms with Crippen LogP contribution in [-0.2, 0) is 16.0 Å². The van der Waals surface area contributed by atoms with E-state index < -0.39 is 0 Å². The van der Waals surface area contributed by atoms with Crippen molar-refractivity contribution in [3.05, 3.63) is 35.4 Å². The molecule has 3 N–H and O–H groups in total. The van der Waals surface area contributed by atoms with Crippen LogP contribution in [0.4, 0.5) is 0 Å². The molecule has 1 aromatic rings. The Morgan fingerprint density at radius 2 is 2.11 bits per heavy atom. The predicted molar refractivity (Wildman–Crippen MR) is 71.5 cm³/mol. The summed E-state index contributed by atoms with van der Waals surface area (Å²) in [6, 6.07) is 7.42. The number of benzene rings is 1. The van der Waals surface area contributed by atoms with Gasteiger partial charge in [-0.05, 0) is 24.0 Å². The maximum Gasteiger partial charge on any atom is 0.309 e. The van der Waals surface area contributed by atoms with Crippen LogP contribution in [0.3, 0.4) is 0 Å². The van der Waals surface area contributed by atoms with Gasteiger partial charge in [0.2, 0.25) is 0 Å². The quantitative estimate of drug-likeness (QED) is 0.475. The molecular weight excluding hydrogens is 228 g/mol. The highest BCUT2D eigenvalue weighted by molar-refractivity contribution is 5.95. The summed E-state index contributed by atoms with van der Waals surface area (Å²) in [5, 5.41) is 7.41. The average Bonchev–Trinajstić information content (AvgIpc) is 2.35. The van der Waals surface area contributed by atoms with Gasteiger partial charge in [-0.15, -0.1) is 0 Å². The Morgan fingerprint density at radius 3 is 2.61 bits per heavy atom. The second-order valence-corrected chi connectivity index (χ2v) is 4.69. The molecule has 4 nitrogen and oxygen atoms in total. The molecular formula is C14H20N2O2. The maximum atomic E-state index is 11.7. The maximum absolute atomic E-state index is 11.7. The number of hydrogen-bond acceptors (Lipinski definition) is 3. The molecule has 1 aromatic carbocycles. The van der Waals surface area contributed by atoms with Crippen molar-refractivity contribution >= 4 is 11.8 Å². The zero-order valence-corrected chi connectivity index (χ0v) is 11.1. The molecule has 0 saturated carbocycles. The molecule has 1 rings (SSSR count). The molecule has 0 saturated heterocycles. The number of hydrogen-bond donors (Lipinski definition) is 2. The molecule has 0 aliphatic heterocycles. The summed E-state index contributed by atoms with van der Waals surface area (Å²) in [6.07, 6.45) is 0.603. The summed E-state index contributed by atoms with van der Waals surface area (Å²) in [6.45, 7) is 3.99. The van der Waals surface area contributed by atoms with Crippen LogP contribution in [-0.4, -0.2) is 18.9 Å². The van der Waals surface area contributed by atoms with Gasteiger partial charge in [-0.3, -0.25) is 10.2 Å². The Hall–Kier alpha value is -1.84. The number of methoxy groups -OCH3 is 1. The minimum Gasteiger partial charge on any atom is -0.469 e. The monoisotopic (exact) mass is 248 g/mol. The second-order valence-electron chi connectivity index (χ2n) is 4.69. The minimum atomic E-state index is -0.196. The molecule has 0 spiro atoms. The van der Waals surface area contributed by atoms with E-state index in [1.54, 1.807) is 6.07 Å². The van der Waals surface area contributed by atoms with E-state index in [2.05, 4.69) is 0 Å². The number of rotatable bonds is 5. The fourth-order valence-electron chi connectivity index (χ4n) is 1.86. The lowest BCUT2D eigenvalue weighted by molar-refractivity contribution is -0.146. The molecule has 0 fully saturated rings. The number of amidine groups is 1. The van der Waals surface area contributed by atoms with E-state index in [0.717, 1.165) is 5.56 Å². The van der Waals surface area contributed by atoms with Gasteiger partial charge in [0.05, 0.1) is 13.0 Å². The SMILES string of the molecule is COC(=O)C(Cc1cccc(C(=N)N)c1)C(C)C. The largest absolute Gasteiger partial charge is 0.469 e. The van der Waals surface area contributed by atoms with Gasteiger partial charge in [-0.25, -0.2) is 0 Å². The van der Waals surface area contributed by atoms with Crippen molar-refractivity contribution < 1.29 is 9.53 Å². The Balaban J connectivity index is 2.90. The summed E-state index contributed by atoms with van der Waals surface area (Å²) < 4.78 is 4.82. The fourth-order valence-corrected chi connectivity index (χ4v) is 1.86. The number of ether oxygens (including phenoxy) is 1. The summed E-state index contributed by atoms with van der Waals surface area (Å²) in [7, 11) is 1.41. The highest BCUT2D eigenvalue weighted by atomic mass is 16.5. The minimum absolute atomic E-state index is 0.0380. The first-order valence-corrected chi connectivity index (χ1v) is 5.97. The number of esters is 1. The third kappa shape index (κ3) is 3.58. The van der Waals surface area contributed by atoms with Crippen LogP contribution >= 0.6 is 0 Å². The molecule has 0 aliphatic carbocycles. The zero-order chi connectivity index (χ0) is 13.7. The van der Waals surface area contributed by atoms with Crippen LogP contribution < -0.4 is 5.73 Å². The smallest absolute Gasteiger partial charge is 0.309 e. The van der Waals surface area contributed by atoms with Crippen LogP contribution in [0.5, 0.6) is 0 Å². The van der Waals surface area contributed by atoms with Gasteiger partial charge >= 0.3 is 5.97 Å². The lowest BCUT2D eigenvalue weighted by Gasteiger charge is -2.18. The zero-order valence-electron chi connectivity index (χ0n) is 11.1. The molecule has 4 heteroatoms. The van der Waals surface area contributed by atoms with E-state index in [1.165, 1.54) is 7.11 Å². The third-order valence-corrected chi connectivity index (χ3v) is 3.00. The highest BCUT2D eigenvalue weighted by Gasteiger charge is 2.23. The van der Waals surface area contributed by atoms with Gasteiger partial charge in [0.1, 0.15) is 5.84 Å². The van der Waals surface area contributed by atoms with Crippen LogP contribution in [0.15, 0.2) is 24.3 Å². The highest BCUT2D eigenvalue weighted by Crippen LogP contribution is 2.19. The Kier molecular flexibility index (Phi) is 4.89. The summed E-state index contributed by atoms with van der Waals surface area (Å²) >= 11 is 0. The molecule has 0 amide bonds. The van der Waals surface area contributed by atoms with Crippen LogP contribution in [0.1, 0.15) is 25.0 Å². The van der Waals surface area contributed by atoms with Crippen molar-refractivity contribution in [2.24, 2.45) is 17.6 Å². The standard InChI is InChI=1S/C14H20N2O2/c1-9(2)12(14(17)18-3)8-10-5-4-6-11(7-10)13(15)16/h4-7,9,12H,8H2,1-3H3,(H3,15,16). The number of carbonyl (C=O) groups is 1. The van der Waals surface area contributed by atoms with E-state index in [0.29, 0.717) is 12.0 Å². The number of nitrogens with one attached hydrogen (secondary N) is 1. The Bertz CT molecular complexity index is 441. The van der Waals surface area contributed by atoms with Crippen molar-refractivity contribution in [1.29, 1.82) is 5.41 Å². The van der Waals surface area contributed by atoms with E-state index >= 15 is 0 Å². The molecule has 0 radical (unpaired) electrons. The van der Waals surface area contributed by atoms with Crippen molar-refractivity contribution in [2.75, 3.05) is 7.11 Å². The Labute approximate surface area is 108 Å². The van der Waals surface area contributed by atoms with Crippen molar-refractivity contribution in [3.63, 3.8) is 0 Å². The molecule has 0 aromatic heterocycles. The molecule has 98 valence electrons. The number of nitrogen functional groups attached to an aromatic ring is 1. The molecule has 1 atom stereocenters. The number of carbonyl (C=O) groups excluding carboxylic acids is 1. The van der Waals surface area contributed by atoms with Crippen LogP contribution in [0, 0.1) is 17.2 Å². The van der Waals surface area contributed by atoms with Gasteiger partial charge in [-0.2, -0.15) is 0 Å². The molecule has 18 heavy (non-hydrogen) atoms. The first-order chi connectivity index (χ1) is 8.45. The Morgan fingerprint density at radius 1 is 1.44 bits per heavy atom.